The Bertz CT molecular complexity index is 2130. The fraction of sp³-hybridized carbons (Fsp3) is 0.0952. The largest absolute Gasteiger partial charge is 0.0799 e. The van der Waals surface area contributed by atoms with Crippen LogP contribution in [0.15, 0.2) is 158 Å². The first-order valence-corrected chi connectivity index (χ1v) is 15.1. The summed E-state index contributed by atoms with van der Waals surface area (Å²) >= 11 is 0. The molecule has 0 nitrogen and oxygen atoms in total. The summed E-state index contributed by atoms with van der Waals surface area (Å²) in [6.45, 7) is 0. The lowest BCUT2D eigenvalue weighted by atomic mass is 9.61. The lowest BCUT2D eigenvalue weighted by molar-refractivity contribution is 0.371. The van der Waals surface area contributed by atoms with Gasteiger partial charge in [-0.15, -0.1) is 0 Å². The minimum Gasteiger partial charge on any atom is -0.0799 e. The third-order valence-corrected chi connectivity index (χ3v) is 9.88. The normalized spacial score (nSPS) is 22.1. The molecule has 3 aliphatic carbocycles. The molecule has 0 bridgehead atoms. The Morgan fingerprint density at radius 2 is 0.952 bits per heavy atom. The Morgan fingerprint density at radius 1 is 0.381 bits per heavy atom. The smallest absolute Gasteiger partial charge is 0.00990 e. The number of benzene rings is 6. The van der Waals surface area contributed by atoms with Gasteiger partial charge in [0.2, 0.25) is 0 Å². The Kier molecular flexibility index (Phi) is 5.25. The van der Waals surface area contributed by atoms with Gasteiger partial charge in [0, 0.05) is 11.8 Å². The van der Waals surface area contributed by atoms with Gasteiger partial charge in [-0.1, -0.05) is 146 Å². The van der Waals surface area contributed by atoms with Crippen molar-refractivity contribution in [3.63, 3.8) is 0 Å². The molecule has 0 N–H and O–H groups in total. The van der Waals surface area contributed by atoms with Crippen LogP contribution in [0, 0.1) is 11.8 Å². The topological polar surface area (TPSA) is 0 Å². The lowest BCUT2D eigenvalue weighted by Gasteiger charge is -2.43. The third-order valence-electron chi connectivity index (χ3n) is 9.88. The first-order chi connectivity index (χ1) is 20.8. The Labute approximate surface area is 246 Å². The molecule has 0 heterocycles. The minimum atomic E-state index is 0.391. The molecule has 6 aromatic carbocycles. The van der Waals surface area contributed by atoms with E-state index in [1.807, 2.05) is 0 Å². The molecule has 0 amide bonds. The van der Waals surface area contributed by atoms with Crippen molar-refractivity contribution in [1.82, 2.24) is 0 Å². The van der Waals surface area contributed by atoms with Crippen molar-refractivity contribution in [1.29, 1.82) is 0 Å². The van der Waals surface area contributed by atoms with Crippen molar-refractivity contribution in [3.8, 4) is 11.1 Å². The maximum Gasteiger partial charge on any atom is 0.00990 e. The number of hydrogen-bond donors (Lipinski definition) is 0. The molecule has 198 valence electrons. The molecule has 9 rings (SSSR count). The van der Waals surface area contributed by atoms with E-state index in [1.165, 1.54) is 65.7 Å². The van der Waals surface area contributed by atoms with Crippen LogP contribution in [0.25, 0.3) is 49.0 Å². The van der Waals surface area contributed by atoms with Gasteiger partial charge in [-0.2, -0.15) is 0 Å². The summed E-state index contributed by atoms with van der Waals surface area (Å²) in [6, 6.07) is 42.8. The SMILES string of the molecule is C1=CC2c3ccccc3C3C=C(c4cccc(-c5ccc6c7ccccc7c7ccccc7c6c5)c4)C=CC3C2C=C1. The van der Waals surface area contributed by atoms with E-state index in [0.717, 1.165) is 0 Å². The van der Waals surface area contributed by atoms with Gasteiger partial charge in [-0.25, -0.2) is 0 Å². The molecule has 3 aliphatic rings. The first kappa shape index (κ1) is 23.7. The molecule has 0 saturated heterocycles. The zero-order chi connectivity index (χ0) is 27.6. The maximum absolute atomic E-state index is 2.53. The molecular formula is C42H30. The zero-order valence-electron chi connectivity index (χ0n) is 23.3. The van der Waals surface area contributed by atoms with Gasteiger partial charge in [0.15, 0.2) is 0 Å². The molecule has 0 aliphatic heterocycles. The van der Waals surface area contributed by atoms with Crippen molar-refractivity contribution >= 4 is 37.9 Å². The fourth-order valence-corrected chi connectivity index (χ4v) is 7.94. The molecule has 0 heteroatoms. The van der Waals surface area contributed by atoms with Crippen LogP contribution < -0.4 is 0 Å². The van der Waals surface area contributed by atoms with E-state index in [2.05, 4.69) is 158 Å². The summed E-state index contributed by atoms with van der Waals surface area (Å²) in [5.41, 5.74) is 8.08. The second-order valence-corrected chi connectivity index (χ2v) is 12.0. The van der Waals surface area contributed by atoms with E-state index in [0.29, 0.717) is 23.7 Å². The third kappa shape index (κ3) is 3.55. The molecule has 4 atom stereocenters. The standard InChI is InChI=1S/C42H30/c1-3-16-35-31(12-1)33-14-5-7-18-37(33)41-25-29(20-22-39(35)41)27-10-9-11-28(24-27)30-21-23-40-36-17-4-2-13-32(36)34-15-6-8-19-38(34)42(40)26-30/h1-26,31,35,39,41H. The van der Waals surface area contributed by atoms with Gasteiger partial charge in [0.05, 0.1) is 0 Å². The van der Waals surface area contributed by atoms with E-state index in [-0.39, 0.29) is 0 Å². The van der Waals surface area contributed by atoms with E-state index >= 15 is 0 Å². The van der Waals surface area contributed by atoms with Gasteiger partial charge in [0.25, 0.3) is 0 Å². The summed E-state index contributed by atoms with van der Waals surface area (Å²) in [6.07, 6.45) is 16.7. The van der Waals surface area contributed by atoms with E-state index in [9.17, 15) is 0 Å². The second kappa shape index (κ2) is 9.29. The van der Waals surface area contributed by atoms with Crippen molar-refractivity contribution in [2.45, 2.75) is 11.8 Å². The fourth-order valence-electron chi connectivity index (χ4n) is 7.94. The highest BCUT2D eigenvalue weighted by Crippen LogP contribution is 2.52. The van der Waals surface area contributed by atoms with Gasteiger partial charge in [-0.05, 0) is 89.7 Å². The van der Waals surface area contributed by atoms with Crippen molar-refractivity contribution in [2.24, 2.45) is 11.8 Å². The number of fused-ring (bicyclic) bond motifs is 12. The van der Waals surface area contributed by atoms with Crippen LogP contribution in [0.3, 0.4) is 0 Å². The van der Waals surface area contributed by atoms with Gasteiger partial charge in [0.1, 0.15) is 0 Å². The van der Waals surface area contributed by atoms with Crippen molar-refractivity contribution in [2.75, 3.05) is 0 Å². The Hall–Kier alpha value is -4.94. The van der Waals surface area contributed by atoms with Crippen LogP contribution in [0.1, 0.15) is 28.5 Å². The van der Waals surface area contributed by atoms with Crippen LogP contribution in [0.4, 0.5) is 0 Å². The van der Waals surface area contributed by atoms with Crippen LogP contribution in [0.5, 0.6) is 0 Å². The van der Waals surface area contributed by atoms with E-state index in [1.54, 1.807) is 0 Å². The van der Waals surface area contributed by atoms with Crippen LogP contribution in [-0.2, 0) is 0 Å². The van der Waals surface area contributed by atoms with Gasteiger partial charge >= 0.3 is 0 Å². The Morgan fingerprint density at radius 3 is 1.71 bits per heavy atom. The molecule has 0 aromatic heterocycles. The quantitative estimate of drug-likeness (QED) is 0.194. The maximum atomic E-state index is 2.53. The van der Waals surface area contributed by atoms with Crippen molar-refractivity contribution in [3.05, 3.63) is 174 Å². The highest BCUT2D eigenvalue weighted by Gasteiger charge is 2.40. The summed E-state index contributed by atoms with van der Waals surface area (Å²) in [4.78, 5) is 0. The highest BCUT2D eigenvalue weighted by atomic mass is 14.4. The molecule has 4 unspecified atom stereocenters. The molecule has 0 saturated carbocycles. The molecule has 0 radical (unpaired) electrons. The number of rotatable bonds is 2. The zero-order valence-corrected chi connectivity index (χ0v) is 23.3. The summed E-state index contributed by atoms with van der Waals surface area (Å²) in [5.74, 6) is 1.86. The average Bonchev–Trinajstić information content (AvgIpc) is 3.08. The summed E-state index contributed by atoms with van der Waals surface area (Å²) < 4.78 is 0. The van der Waals surface area contributed by atoms with Gasteiger partial charge < -0.3 is 0 Å². The van der Waals surface area contributed by atoms with Crippen LogP contribution >= 0.6 is 0 Å². The molecule has 6 aromatic rings. The van der Waals surface area contributed by atoms with Crippen LogP contribution in [0.2, 0.25) is 0 Å². The average molecular weight is 535 g/mol. The molecule has 0 fully saturated rings. The summed E-state index contributed by atoms with van der Waals surface area (Å²) in [7, 11) is 0. The second-order valence-electron chi connectivity index (χ2n) is 12.0. The van der Waals surface area contributed by atoms with Crippen LogP contribution in [-0.4, -0.2) is 0 Å². The minimum absolute atomic E-state index is 0.391. The molecular weight excluding hydrogens is 504 g/mol. The first-order valence-electron chi connectivity index (χ1n) is 15.1. The molecule has 0 spiro atoms. The van der Waals surface area contributed by atoms with Gasteiger partial charge in [-0.3, -0.25) is 0 Å². The predicted molar refractivity (Wildman–Crippen MR) is 179 cm³/mol. The number of hydrogen-bond acceptors (Lipinski definition) is 0. The Balaban J connectivity index is 1.15. The van der Waals surface area contributed by atoms with E-state index < -0.39 is 0 Å². The lowest BCUT2D eigenvalue weighted by Crippen LogP contribution is -2.31. The van der Waals surface area contributed by atoms with E-state index in [4.69, 9.17) is 0 Å². The monoisotopic (exact) mass is 534 g/mol. The summed E-state index contributed by atoms with van der Waals surface area (Å²) in [5, 5.41) is 7.89. The molecule has 42 heavy (non-hydrogen) atoms. The van der Waals surface area contributed by atoms with Crippen molar-refractivity contribution < 1.29 is 0 Å². The number of allylic oxidation sites excluding steroid dienone is 8. The highest BCUT2D eigenvalue weighted by molar-refractivity contribution is 6.25. The predicted octanol–water partition coefficient (Wildman–Crippen LogP) is 11.0.